The van der Waals surface area contributed by atoms with Gasteiger partial charge in [-0.2, -0.15) is 0 Å². The number of nitrogens with one attached hydrogen (secondary N) is 2. The van der Waals surface area contributed by atoms with Crippen molar-refractivity contribution in [2.75, 3.05) is 20.2 Å². The van der Waals surface area contributed by atoms with E-state index >= 15 is 0 Å². The molecule has 3 saturated carbocycles. The lowest BCUT2D eigenvalue weighted by atomic mass is 9.44. The van der Waals surface area contributed by atoms with Gasteiger partial charge in [-0.05, 0) is 80.6 Å². The monoisotopic (exact) mass is 430 g/mol. The molecule has 0 radical (unpaired) electrons. The van der Waals surface area contributed by atoms with Gasteiger partial charge >= 0.3 is 5.97 Å². The molecule has 1 saturated heterocycles. The van der Waals surface area contributed by atoms with Crippen molar-refractivity contribution >= 4 is 11.8 Å². The molecule has 0 aromatic heterocycles. The Labute approximate surface area is 185 Å². The first-order valence-corrected chi connectivity index (χ1v) is 12.3. The second-order valence-corrected chi connectivity index (χ2v) is 11.2. The maximum Gasteiger partial charge on any atom is 0.309 e. The fraction of sp³-hybridized carbons (Fsp3) is 0.840. The van der Waals surface area contributed by atoms with Gasteiger partial charge < -0.3 is 10.1 Å². The fourth-order valence-electron chi connectivity index (χ4n) is 8.08. The average molecular weight is 431 g/mol. The quantitative estimate of drug-likeness (QED) is 0.526. The number of ether oxygens (including phenoxy) is 1. The first kappa shape index (κ1) is 21.4. The van der Waals surface area contributed by atoms with Gasteiger partial charge in [-0.3, -0.25) is 19.9 Å². The van der Waals surface area contributed by atoms with E-state index in [4.69, 9.17) is 9.57 Å². The smallest absolute Gasteiger partial charge is 0.309 e. The molecule has 1 heterocycles. The molecule has 1 unspecified atom stereocenters. The van der Waals surface area contributed by atoms with Gasteiger partial charge in [0.1, 0.15) is 5.78 Å². The molecule has 5 aliphatic rings. The summed E-state index contributed by atoms with van der Waals surface area (Å²) in [5.41, 5.74) is 4.24. The van der Waals surface area contributed by atoms with Crippen LogP contribution in [-0.4, -0.2) is 38.1 Å². The van der Waals surface area contributed by atoms with Crippen LogP contribution in [0.25, 0.3) is 0 Å². The molecule has 6 heteroatoms. The first-order chi connectivity index (χ1) is 14.9. The topological polar surface area (TPSA) is 76.7 Å². The lowest BCUT2D eigenvalue weighted by Crippen LogP contribution is -2.56. The van der Waals surface area contributed by atoms with Crippen molar-refractivity contribution < 1.29 is 19.2 Å². The summed E-state index contributed by atoms with van der Waals surface area (Å²) < 4.78 is 5.30. The summed E-state index contributed by atoms with van der Waals surface area (Å²) in [7, 11) is 1.51. The van der Waals surface area contributed by atoms with Crippen LogP contribution in [0.2, 0.25) is 0 Å². The van der Waals surface area contributed by atoms with E-state index in [1.807, 2.05) is 0 Å². The van der Waals surface area contributed by atoms with Gasteiger partial charge in [-0.1, -0.05) is 19.9 Å². The molecule has 0 aromatic carbocycles. The highest BCUT2D eigenvalue weighted by Gasteiger charge is 2.62. The minimum atomic E-state index is -0.175. The summed E-state index contributed by atoms with van der Waals surface area (Å²) in [6.45, 7) is 6.48. The molecule has 4 aliphatic carbocycles. The van der Waals surface area contributed by atoms with Crippen LogP contribution in [0, 0.1) is 40.4 Å². The van der Waals surface area contributed by atoms with Crippen LogP contribution >= 0.6 is 0 Å². The normalized spacial score (nSPS) is 46.5. The molecule has 6 nitrogen and oxygen atoms in total. The number of methoxy groups -OCH3 is 1. The standard InChI is InChI=1S/C25H38N2O4/c1-24-9-6-15(27-31-16-8-11-26-14-16)12-21(24)18(23(29)30-3)13-17-19-4-5-22(28)25(19,2)10-7-20(17)24/h12,16-21,26-27H,4-11,13-14H2,1-3H3/t16-,17+,18+,19+,20+,21?,24-,25+/m1/s1. The van der Waals surface area contributed by atoms with Crippen LogP contribution in [0.5, 0.6) is 0 Å². The maximum absolute atomic E-state index is 13.0. The number of hydroxylamine groups is 1. The minimum absolute atomic E-state index is 0.0643. The van der Waals surface area contributed by atoms with Crippen LogP contribution in [-0.2, 0) is 19.2 Å². The lowest BCUT2D eigenvalue weighted by molar-refractivity contribution is -0.163. The largest absolute Gasteiger partial charge is 0.469 e. The molecule has 172 valence electrons. The zero-order valence-corrected chi connectivity index (χ0v) is 19.2. The van der Waals surface area contributed by atoms with Crippen molar-refractivity contribution in [2.45, 2.75) is 71.3 Å². The minimum Gasteiger partial charge on any atom is -0.469 e. The van der Waals surface area contributed by atoms with Crippen LogP contribution in [0.15, 0.2) is 11.8 Å². The van der Waals surface area contributed by atoms with E-state index in [0.717, 1.165) is 70.2 Å². The van der Waals surface area contributed by atoms with Gasteiger partial charge in [0, 0.05) is 24.1 Å². The molecule has 0 spiro atoms. The third-order valence-corrected chi connectivity index (χ3v) is 9.90. The van der Waals surface area contributed by atoms with Crippen molar-refractivity contribution in [1.82, 2.24) is 10.8 Å². The number of hydrogen-bond donors (Lipinski definition) is 2. The summed E-state index contributed by atoms with van der Waals surface area (Å²) in [5.74, 6) is 1.81. The van der Waals surface area contributed by atoms with Crippen molar-refractivity contribution in [3.63, 3.8) is 0 Å². The summed E-state index contributed by atoms with van der Waals surface area (Å²) in [6.07, 6.45) is 10.2. The molecule has 0 aromatic rings. The summed E-state index contributed by atoms with van der Waals surface area (Å²) in [6, 6.07) is 0. The number of fused-ring (bicyclic) bond motifs is 5. The third-order valence-electron chi connectivity index (χ3n) is 9.90. The van der Waals surface area contributed by atoms with Crippen LogP contribution < -0.4 is 10.8 Å². The fourth-order valence-corrected chi connectivity index (χ4v) is 8.08. The number of ketones is 1. The Morgan fingerprint density at radius 1 is 1.16 bits per heavy atom. The molecule has 2 N–H and O–H groups in total. The molecule has 0 amide bonds. The Bertz CT molecular complexity index is 775. The van der Waals surface area contributed by atoms with Gasteiger partial charge in [-0.25, -0.2) is 0 Å². The Morgan fingerprint density at radius 3 is 2.74 bits per heavy atom. The molecule has 8 atom stereocenters. The number of rotatable bonds is 4. The predicted molar refractivity (Wildman–Crippen MR) is 117 cm³/mol. The van der Waals surface area contributed by atoms with Gasteiger partial charge in [0.2, 0.25) is 0 Å². The number of allylic oxidation sites excluding steroid dienone is 2. The first-order valence-electron chi connectivity index (χ1n) is 12.3. The summed E-state index contributed by atoms with van der Waals surface area (Å²) in [5, 5.41) is 3.33. The van der Waals surface area contributed by atoms with E-state index < -0.39 is 0 Å². The number of Topliss-reactive ketones (excluding diaryl/α,β-unsaturated/α-hetero) is 1. The van der Waals surface area contributed by atoms with E-state index in [0.29, 0.717) is 23.5 Å². The van der Waals surface area contributed by atoms with Crippen molar-refractivity contribution in [1.29, 1.82) is 0 Å². The maximum atomic E-state index is 13.0. The SMILES string of the molecule is COC(=O)[C@H]1C[C@@H]2[C@H](CC[C@]3(C)C(=O)CC[C@@H]23)[C@@]2(C)CCC(NO[C@@H]3CCNC3)=CC12. The van der Waals surface area contributed by atoms with Crippen LogP contribution in [0.4, 0.5) is 0 Å². The molecule has 4 fully saturated rings. The second kappa shape index (κ2) is 7.87. The average Bonchev–Trinajstić information content (AvgIpc) is 3.39. The molecule has 1 aliphatic heterocycles. The molecule has 5 rings (SSSR count). The van der Waals surface area contributed by atoms with Gasteiger partial charge in [0.15, 0.2) is 0 Å². The predicted octanol–water partition coefficient (Wildman–Crippen LogP) is 3.37. The van der Waals surface area contributed by atoms with Crippen LogP contribution in [0.1, 0.15) is 65.2 Å². The Balaban J connectivity index is 1.42. The zero-order chi connectivity index (χ0) is 21.8. The van der Waals surface area contributed by atoms with Crippen molar-refractivity contribution in [2.24, 2.45) is 40.4 Å². The summed E-state index contributed by atoms with van der Waals surface area (Å²) >= 11 is 0. The summed E-state index contributed by atoms with van der Waals surface area (Å²) in [4.78, 5) is 31.6. The van der Waals surface area contributed by atoms with E-state index in [-0.39, 0.29) is 34.7 Å². The molecular weight excluding hydrogens is 392 g/mol. The van der Waals surface area contributed by atoms with Crippen molar-refractivity contribution in [3.05, 3.63) is 11.8 Å². The second-order valence-electron chi connectivity index (χ2n) is 11.2. The van der Waals surface area contributed by atoms with E-state index in [9.17, 15) is 9.59 Å². The third kappa shape index (κ3) is 3.36. The highest BCUT2D eigenvalue weighted by Crippen LogP contribution is 2.66. The Morgan fingerprint density at radius 2 is 2.00 bits per heavy atom. The number of carbonyl (C=O) groups is 2. The van der Waals surface area contributed by atoms with Gasteiger partial charge in [0.25, 0.3) is 0 Å². The van der Waals surface area contributed by atoms with E-state index in [1.165, 1.54) is 7.11 Å². The van der Waals surface area contributed by atoms with Crippen molar-refractivity contribution in [3.8, 4) is 0 Å². The van der Waals surface area contributed by atoms with Gasteiger partial charge in [-0.15, -0.1) is 0 Å². The lowest BCUT2D eigenvalue weighted by Gasteiger charge is -2.60. The molecule has 0 bridgehead atoms. The number of esters is 1. The Kier molecular flexibility index (Phi) is 5.45. The zero-order valence-electron chi connectivity index (χ0n) is 19.2. The van der Waals surface area contributed by atoms with E-state index in [2.05, 4.69) is 30.7 Å². The molecular formula is C25H38N2O4. The van der Waals surface area contributed by atoms with Crippen LogP contribution in [0.3, 0.4) is 0 Å². The van der Waals surface area contributed by atoms with Gasteiger partial charge in [0.05, 0.1) is 19.1 Å². The molecule has 31 heavy (non-hydrogen) atoms. The number of carbonyl (C=O) groups excluding carboxylic acids is 2. The number of hydrogen-bond acceptors (Lipinski definition) is 6. The highest BCUT2D eigenvalue weighted by molar-refractivity contribution is 5.87. The highest BCUT2D eigenvalue weighted by atomic mass is 16.7. The Hall–Kier alpha value is -1.40. The van der Waals surface area contributed by atoms with E-state index in [1.54, 1.807) is 0 Å².